The first-order valence-electron chi connectivity index (χ1n) is 8.53. The third-order valence-corrected chi connectivity index (χ3v) is 4.87. The molecule has 1 N–H and O–H groups in total. The summed E-state index contributed by atoms with van der Waals surface area (Å²) in [4.78, 5) is 26.7. The molecule has 0 saturated carbocycles. The van der Waals surface area contributed by atoms with E-state index in [9.17, 15) is 9.59 Å². The molecule has 1 heterocycles. The second-order valence-corrected chi connectivity index (χ2v) is 6.51. The summed E-state index contributed by atoms with van der Waals surface area (Å²) in [5.41, 5.74) is 2.89. The molecule has 0 spiro atoms. The number of anilines is 1. The quantitative estimate of drug-likeness (QED) is 0.893. The fourth-order valence-corrected chi connectivity index (χ4v) is 3.44. The molecule has 0 aromatic heterocycles. The van der Waals surface area contributed by atoms with Gasteiger partial charge in [-0.25, -0.2) is 0 Å². The zero-order valence-corrected chi connectivity index (χ0v) is 14.9. The average Bonchev–Trinajstić information content (AvgIpc) is 3.02. The number of hydrogen-bond donors (Lipinski definition) is 1. The zero-order valence-electron chi connectivity index (χ0n) is 14.2. The first-order valence-corrected chi connectivity index (χ1v) is 8.90. The SMILES string of the molecule is CCC(=O)N1c2ccccc2C[C@@H]1C(=O)NCCc1ccccc1Cl. The Morgan fingerprint density at radius 2 is 1.88 bits per heavy atom. The van der Waals surface area contributed by atoms with Gasteiger partial charge >= 0.3 is 0 Å². The van der Waals surface area contributed by atoms with Crippen LogP contribution in [0, 0.1) is 0 Å². The minimum Gasteiger partial charge on any atom is -0.354 e. The Morgan fingerprint density at radius 1 is 1.16 bits per heavy atom. The van der Waals surface area contributed by atoms with Crippen LogP contribution in [0.3, 0.4) is 0 Å². The molecule has 5 heteroatoms. The fraction of sp³-hybridized carbons (Fsp3) is 0.300. The van der Waals surface area contributed by atoms with Crippen molar-refractivity contribution in [1.29, 1.82) is 0 Å². The molecule has 4 nitrogen and oxygen atoms in total. The number of nitrogens with one attached hydrogen (secondary N) is 1. The van der Waals surface area contributed by atoms with E-state index < -0.39 is 6.04 Å². The number of fused-ring (bicyclic) bond motifs is 1. The van der Waals surface area contributed by atoms with Crippen molar-refractivity contribution in [2.45, 2.75) is 32.2 Å². The molecule has 2 aromatic rings. The number of nitrogens with zero attached hydrogens (tertiary/aromatic N) is 1. The van der Waals surface area contributed by atoms with Crippen LogP contribution in [0.15, 0.2) is 48.5 Å². The lowest BCUT2D eigenvalue weighted by molar-refractivity contribution is -0.126. The highest BCUT2D eigenvalue weighted by molar-refractivity contribution is 6.31. The van der Waals surface area contributed by atoms with E-state index in [1.807, 2.05) is 55.5 Å². The topological polar surface area (TPSA) is 49.4 Å². The average molecular weight is 357 g/mol. The van der Waals surface area contributed by atoms with Crippen molar-refractivity contribution in [3.63, 3.8) is 0 Å². The summed E-state index contributed by atoms with van der Waals surface area (Å²) in [6.07, 6.45) is 1.59. The first-order chi connectivity index (χ1) is 12.1. The van der Waals surface area contributed by atoms with E-state index in [0.717, 1.165) is 16.8 Å². The maximum Gasteiger partial charge on any atom is 0.243 e. The second kappa shape index (κ2) is 7.70. The highest BCUT2D eigenvalue weighted by atomic mass is 35.5. The molecular weight excluding hydrogens is 336 g/mol. The highest BCUT2D eigenvalue weighted by Gasteiger charge is 2.37. The van der Waals surface area contributed by atoms with Crippen molar-refractivity contribution < 1.29 is 9.59 Å². The number of rotatable bonds is 5. The molecule has 1 aliphatic heterocycles. The zero-order chi connectivity index (χ0) is 17.8. The maximum atomic E-state index is 12.7. The molecular formula is C20H21ClN2O2. The summed E-state index contributed by atoms with van der Waals surface area (Å²) >= 11 is 6.15. The lowest BCUT2D eigenvalue weighted by Gasteiger charge is -2.24. The predicted octanol–water partition coefficient (Wildman–Crippen LogP) is 3.37. The van der Waals surface area contributed by atoms with Crippen LogP contribution >= 0.6 is 11.6 Å². The molecule has 130 valence electrons. The van der Waals surface area contributed by atoms with Gasteiger partial charge in [0.05, 0.1) is 0 Å². The summed E-state index contributed by atoms with van der Waals surface area (Å²) in [7, 11) is 0. The Bertz CT molecular complexity index is 791. The molecule has 1 atom stereocenters. The van der Waals surface area contributed by atoms with Crippen LogP contribution < -0.4 is 10.2 Å². The summed E-state index contributed by atoms with van der Waals surface area (Å²) < 4.78 is 0. The van der Waals surface area contributed by atoms with E-state index in [1.54, 1.807) is 4.90 Å². The van der Waals surface area contributed by atoms with Crippen molar-refractivity contribution in [2.24, 2.45) is 0 Å². The molecule has 2 aromatic carbocycles. The van der Waals surface area contributed by atoms with Gasteiger partial charge in [-0.1, -0.05) is 54.9 Å². The van der Waals surface area contributed by atoms with Crippen molar-refractivity contribution >= 4 is 29.1 Å². The Hall–Kier alpha value is -2.33. The lowest BCUT2D eigenvalue weighted by Crippen LogP contribution is -2.48. The van der Waals surface area contributed by atoms with Crippen molar-refractivity contribution in [3.8, 4) is 0 Å². The van der Waals surface area contributed by atoms with Crippen LogP contribution in [0.2, 0.25) is 5.02 Å². The number of para-hydroxylation sites is 1. The molecule has 25 heavy (non-hydrogen) atoms. The van der Waals surface area contributed by atoms with Gasteiger partial charge in [-0.15, -0.1) is 0 Å². The van der Waals surface area contributed by atoms with Gasteiger partial charge in [0.25, 0.3) is 0 Å². The maximum absolute atomic E-state index is 12.7. The monoisotopic (exact) mass is 356 g/mol. The molecule has 0 fully saturated rings. The Labute approximate surface area is 152 Å². The molecule has 3 rings (SSSR count). The van der Waals surface area contributed by atoms with Crippen LogP contribution in [0.4, 0.5) is 5.69 Å². The van der Waals surface area contributed by atoms with Gasteiger partial charge in [-0.05, 0) is 29.7 Å². The van der Waals surface area contributed by atoms with Gasteiger partial charge in [-0.3, -0.25) is 14.5 Å². The number of carbonyl (C=O) groups excluding carboxylic acids is 2. The predicted molar refractivity (Wildman–Crippen MR) is 99.9 cm³/mol. The minimum absolute atomic E-state index is 0.0313. The molecule has 0 unspecified atom stereocenters. The van der Waals surface area contributed by atoms with Gasteiger partial charge in [-0.2, -0.15) is 0 Å². The van der Waals surface area contributed by atoms with Crippen LogP contribution in [0.5, 0.6) is 0 Å². The van der Waals surface area contributed by atoms with Crippen molar-refractivity contribution in [3.05, 3.63) is 64.7 Å². The van der Waals surface area contributed by atoms with E-state index in [2.05, 4.69) is 5.32 Å². The molecule has 0 aliphatic carbocycles. The summed E-state index contributed by atoms with van der Waals surface area (Å²) in [5, 5.41) is 3.65. The normalized spacial score (nSPS) is 15.8. The van der Waals surface area contributed by atoms with Gasteiger partial charge in [0.1, 0.15) is 6.04 Å². The van der Waals surface area contributed by atoms with Crippen molar-refractivity contribution in [1.82, 2.24) is 5.32 Å². The van der Waals surface area contributed by atoms with E-state index in [-0.39, 0.29) is 11.8 Å². The summed E-state index contributed by atoms with van der Waals surface area (Å²) in [5.74, 6) is -0.152. The number of amides is 2. The van der Waals surface area contributed by atoms with Gasteiger partial charge in [0.15, 0.2) is 0 Å². The van der Waals surface area contributed by atoms with Gasteiger partial charge in [0.2, 0.25) is 11.8 Å². The molecule has 0 bridgehead atoms. The van der Waals surface area contributed by atoms with E-state index in [4.69, 9.17) is 11.6 Å². The molecule has 2 amide bonds. The van der Waals surface area contributed by atoms with E-state index in [0.29, 0.717) is 30.8 Å². The highest BCUT2D eigenvalue weighted by Crippen LogP contribution is 2.32. The van der Waals surface area contributed by atoms with Crippen LogP contribution in [0.25, 0.3) is 0 Å². The second-order valence-electron chi connectivity index (χ2n) is 6.10. The van der Waals surface area contributed by atoms with Crippen LogP contribution in [-0.4, -0.2) is 24.4 Å². The van der Waals surface area contributed by atoms with Crippen LogP contribution in [0.1, 0.15) is 24.5 Å². The molecule has 1 aliphatic rings. The smallest absolute Gasteiger partial charge is 0.243 e. The molecule has 0 radical (unpaired) electrons. The van der Waals surface area contributed by atoms with Crippen LogP contribution in [-0.2, 0) is 22.4 Å². The van der Waals surface area contributed by atoms with Gasteiger partial charge < -0.3 is 5.32 Å². The van der Waals surface area contributed by atoms with E-state index >= 15 is 0 Å². The fourth-order valence-electron chi connectivity index (χ4n) is 3.21. The third kappa shape index (κ3) is 3.69. The van der Waals surface area contributed by atoms with E-state index in [1.165, 1.54) is 0 Å². The number of carbonyl (C=O) groups is 2. The van der Waals surface area contributed by atoms with Gasteiger partial charge in [0, 0.05) is 30.1 Å². The Balaban J connectivity index is 1.67. The number of hydrogen-bond acceptors (Lipinski definition) is 2. The molecule has 0 saturated heterocycles. The Kier molecular flexibility index (Phi) is 5.39. The summed E-state index contributed by atoms with van der Waals surface area (Å²) in [6, 6.07) is 14.8. The van der Waals surface area contributed by atoms with Crippen molar-refractivity contribution in [2.75, 3.05) is 11.4 Å². The Morgan fingerprint density at radius 3 is 2.64 bits per heavy atom. The first kappa shape index (κ1) is 17.5. The summed E-state index contributed by atoms with van der Waals surface area (Å²) in [6.45, 7) is 2.30. The minimum atomic E-state index is -0.476. The third-order valence-electron chi connectivity index (χ3n) is 4.50. The lowest BCUT2D eigenvalue weighted by atomic mass is 10.1. The largest absolute Gasteiger partial charge is 0.354 e. The number of halogens is 1. The standard InChI is InChI=1S/C20H21ClN2O2/c1-2-19(24)23-17-10-6-4-8-15(17)13-18(23)20(25)22-12-11-14-7-3-5-9-16(14)21/h3-10,18H,2,11-13H2,1H3,(H,22,25)/t18-/m1/s1. The number of benzene rings is 2.